The minimum absolute atomic E-state index is 0.00787. The molecule has 0 bridgehead atoms. The number of aldehydes is 1. The van der Waals surface area contributed by atoms with E-state index < -0.39 is 16.9 Å². The number of nitro groups is 1. The van der Waals surface area contributed by atoms with Gasteiger partial charge in [-0.15, -0.1) is 0 Å². The number of nitrogens with zero attached hydrogens (tertiary/aromatic N) is 1. The van der Waals surface area contributed by atoms with Crippen molar-refractivity contribution in [3.8, 4) is 16.9 Å². The Morgan fingerprint density at radius 3 is 2.02 bits per heavy atom. The fraction of sp³-hybridized carbons (Fsp3) is 0.324. The summed E-state index contributed by atoms with van der Waals surface area (Å²) in [4.78, 5) is 48.0. The number of nitro benzene ring substituents is 1. The Balaban J connectivity index is 1.51. The van der Waals surface area contributed by atoms with Crippen molar-refractivity contribution in [3.63, 3.8) is 0 Å². The maximum absolute atomic E-state index is 13.4. The van der Waals surface area contributed by atoms with Crippen LogP contribution in [0.2, 0.25) is 0 Å². The van der Waals surface area contributed by atoms with E-state index in [0.717, 1.165) is 30.3 Å². The van der Waals surface area contributed by atoms with Crippen LogP contribution < -0.4 is 4.74 Å². The predicted molar refractivity (Wildman–Crippen MR) is 164 cm³/mol. The molecule has 2 saturated heterocycles. The van der Waals surface area contributed by atoms with Crippen molar-refractivity contribution in [2.24, 2.45) is 0 Å². The van der Waals surface area contributed by atoms with Gasteiger partial charge in [0.05, 0.1) is 35.9 Å². The first-order chi connectivity index (χ1) is 21.9. The van der Waals surface area contributed by atoms with Crippen LogP contribution in [0.3, 0.4) is 0 Å². The van der Waals surface area contributed by atoms with Crippen molar-refractivity contribution in [1.82, 2.24) is 0 Å². The first-order valence-corrected chi connectivity index (χ1v) is 14.8. The molecular formula is C34H33NO10. The molecule has 0 amide bonds. The molecule has 0 radical (unpaired) electrons. The van der Waals surface area contributed by atoms with Gasteiger partial charge < -0.3 is 28.5 Å². The fourth-order valence-corrected chi connectivity index (χ4v) is 4.56. The second kappa shape index (κ2) is 15.2. The Morgan fingerprint density at radius 1 is 0.844 bits per heavy atom. The van der Waals surface area contributed by atoms with E-state index in [1.54, 1.807) is 48.5 Å². The molecule has 234 valence electrons. The molecule has 2 aliphatic heterocycles. The molecule has 11 nitrogen and oxygen atoms in total. The summed E-state index contributed by atoms with van der Waals surface area (Å²) in [5.74, 6) is -0.789. The summed E-state index contributed by atoms with van der Waals surface area (Å²) in [5.41, 5.74) is 2.59. The lowest BCUT2D eigenvalue weighted by Gasteiger charge is -2.18. The van der Waals surface area contributed by atoms with Crippen molar-refractivity contribution >= 4 is 36.1 Å². The van der Waals surface area contributed by atoms with Crippen LogP contribution in [-0.2, 0) is 23.7 Å². The summed E-state index contributed by atoms with van der Waals surface area (Å²) in [7, 11) is 0. The smallest absolute Gasteiger partial charge is 0.338 e. The van der Waals surface area contributed by atoms with Crippen LogP contribution in [0.15, 0.2) is 60.7 Å². The van der Waals surface area contributed by atoms with Crippen LogP contribution in [-0.4, -0.2) is 68.4 Å². The topological polar surface area (TPSA) is 147 Å². The Hall–Kier alpha value is -4.87. The van der Waals surface area contributed by atoms with Crippen molar-refractivity contribution in [1.29, 1.82) is 0 Å². The van der Waals surface area contributed by atoms with E-state index in [1.165, 1.54) is 12.1 Å². The molecule has 2 atom stereocenters. The van der Waals surface area contributed by atoms with Crippen molar-refractivity contribution in [2.75, 3.05) is 33.0 Å². The van der Waals surface area contributed by atoms with Gasteiger partial charge in [-0.25, -0.2) is 9.59 Å². The zero-order valence-electron chi connectivity index (χ0n) is 24.6. The van der Waals surface area contributed by atoms with Gasteiger partial charge in [0.25, 0.3) is 5.69 Å². The second-order valence-electron chi connectivity index (χ2n) is 10.6. The van der Waals surface area contributed by atoms with Gasteiger partial charge in [-0.3, -0.25) is 10.1 Å². The van der Waals surface area contributed by atoms with Crippen LogP contribution in [0.5, 0.6) is 5.75 Å². The van der Waals surface area contributed by atoms with Gasteiger partial charge in [-0.1, -0.05) is 24.3 Å². The van der Waals surface area contributed by atoms with Crippen LogP contribution in [0.25, 0.3) is 23.3 Å². The van der Waals surface area contributed by atoms with Gasteiger partial charge in [0.15, 0.2) is 0 Å². The highest BCUT2D eigenvalue weighted by Gasteiger charge is 2.29. The third kappa shape index (κ3) is 9.07. The predicted octanol–water partition coefficient (Wildman–Crippen LogP) is 5.68. The van der Waals surface area contributed by atoms with E-state index in [0.29, 0.717) is 49.5 Å². The highest BCUT2D eigenvalue weighted by atomic mass is 16.6. The lowest BCUT2D eigenvalue weighted by Crippen LogP contribution is -2.16. The fourth-order valence-electron chi connectivity index (χ4n) is 4.56. The van der Waals surface area contributed by atoms with E-state index in [2.05, 4.69) is 0 Å². The van der Waals surface area contributed by atoms with E-state index in [1.807, 2.05) is 12.1 Å². The van der Waals surface area contributed by atoms with E-state index in [4.69, 9.17) is 23.7 Å². The van der Waals surface area contributed by atoms with Crippen LogP contribution >= 0.6 is 0 Å². The summed E-state index contributed by atoms with van der Waals surface area (Å²) in [5, 5.41) is 11.0. The molecule has 0 aromatic heterocycles. The van der Waals surface area contributed by atoms with Crippen LogP contribution in [0.1, 0.15) is 57.5 Å². The van der Waals surface area contributed by atoms with Crippen molar-refractivity contribution < 1.29 is 43.0 Å². The van der Waals surface area contributed by atoms with E-state index in [9.17, 15) is 24.5 Å². The first kappa shape index (κ1) is 31.6. The molecule has 11 heteroatoms. The monoisotopic (exact) mass is 615 g/mol. The lowest BCUT2D eigenvalue weighted by molar-refractivity contribution is -0.384. The molecule has 45 heavy (non-hydrogen) atoms. The van der Waals surface area contributed by atoms with Gasteiger partial charge in [0.2, 0.25) is 0 Å². The molecular weight excluding hydrogens is 582 g/mol. The maximum Gasteiger partial charge on any atom is 0.338 e. The molecule has 2 fully saturated rings. The zero-order chi connectivity index (χ0) is 31.6. The summed E-state index contributed by atoms with van der Waals surface area (Å²) < 4.78 is 27.6. The Morgan fingerprint density at radius 2 is 1.44 bits per heavy atom. The van der Waals surface area contributed by atoms with Crippen molar-refractivity contribution in [3.05, 3.63) is 93.0 Å². The number of hydrogen-bond donors (Lipinski definition) is 0. The molecule has 2 aliphatic rings. The Kier molecular flexibility index (Phi) is 10.7. The van der Waals surface area contributed by atoms with Crippen LogP contribution in [0.4, 0.5) is 5.69 Å². The van der Waals surface area contributed by atoms with Gasteiger partial charge >= 0.3 is 11.9 Å². The Bertz CT molecular complexity index is 1510. The molecule has 0 saturated carbocycles. The summed E-state index contributed by atoms with van der Waals surface area (Å²) in [6, 6.07) is 16.3. The molecule has 3 aromatic carbocycles. The third-order valence-corrected chi connectivity index (χ3v) is 7.18. The normalized spacial score (nSPS) is 16.6. The molecule has 0 N–H and O–H groups in total. The van der Waals surface area contributed by atoms with E-state index in [-0.39, 0.29) is 42.2 Å². The number of non-ortho nitro benzene ring substituents is 1. The second-order valence-corrected chi connectivity index (χ2v) is 10.6. The average molecular weight is 616 g/mol. The SMILES string of the molecule is O=CCCCCCOc1ccc(C=Cc2ccc([N+](=O)[O-])cc2)cc1-c1c(C(=O)OCC2CO2)cccc1C(=O)OCC1CO1. The number of hydrogen-bond acceptors (Lipinski definition) is 10. The highest BCUT2D eigenvalue weighted by Crippen LogP contribution is 2.38. The van der Waals surface area contributed by atoms with Gasteiger partial charge in [-0.05, 0) is 66.8 Å². The maximum atomic E-state index is 13.4. The number of carbonyl (C=O) groups is 3. The minimum atomic E-state index is -0.618. The number of benzene rings is 3. The van der Waals surface area contributed by atoms with Crippen molar-refractivity contribution in [2.45, 2.75) is 37.9 Å². The third-order valence-electron chi connectivity index (χ3n) is 7.18. The summed E-state index contributed by atoms with van der Waals surface area (Å²) in [6.45, 7) is 1.57. The number of esters is 2. The summed E-state index contributed by atoms with van der Waals surface area (Å²) in [6.07, 6.45) is 6.98. The van der Waals surface area contributed by atoms with Crippen LogP contribution in [0, 0.1) is 10.1 Å². The summed E-state index contributed by atoms with van der Waals surface area (Å²) >= 11 is 0. The number of rotatable bonds is 17. The largest absolute Gasteiger partial charge is 0.493 e. The zero-order valence-corrected chi connectivity index (χ0v) is 24.6. The average Bonchev–Trinajstić information content (AvgIpc) is 3.99. The lowest BCUT2D eigenvalue weighted by atomic mass is 9.92. The van der Waals surface area contributed by atoms with Gasteiger partial charge in [-0.2, -0.15) is 0 Å². The van der Waals surface area contributed by atoms with E-state index >= 15 is 0 Å². The molecule has 3 aromatic rings. The first-order valence-electron chi connectivity index (χ1n) is 14.8. The Labute approximate surface area is 259 Å². The number of ether oxygens (including phenoxy) is 5. The minimum Gasteiger partial charge on any atom is -0.493 e. The molecule has 5 rings (SSSR count). The number of unbranched alkanes of at least 4 members (excludes halogenated alkanes) is 3. The molecule has 0 aliphatic carbocycles. The quantitative estimate of drug-likeness (QED) is 0.0353. The molecule has 2 unspecified atom stereocenters. The number of epoxide rings is 2. The highest BCUT2D eigenvalue weighted by molar-refractivity contribution is 6.07. The van der Waals surface area contributed by atoms with Gasteiger partial charge in [0, 0.05) is 29.7 Å². The number of carbonyl (C=O) groups excluding carboxylic acids is 3. The molecule has 2 heterocycles. The van der Waals surface area contributed by atoms with Gasteiger partial charge in [0.1, 0.15) is 37.5 Å². The standard InChI is InChI=1S/C34H33NO10/c36-16-3-1-2-4-17-41-31-15-12-24(9-8-23-10-13-25(14-11-23)35(39)40)18-30(31)32-28(33(37)44-21-26-19-42-26)6-5-7-29(32)34(38)45-22-27-20-43-27/h5-16,18,26-27H,1-4,17,19-22H2. The molecule has 0 spiro atoms.